The van der Waals surface area contributed by atoms with Gasteiger partial charge in [-0.1, -0.05) is 11.6 Å². The van der Waals surface area contributed by atoms with Crippen LogP contribution in [0.2, 0.25) is 5.02 Å². The van der Waals surface area contributed by atoms with Crippen LogP contribution >= 0.6 is 35.0 Å². The van der Waals surface area contributed by atoms with Gasteiger partial charge in [-0.05, 0) is 31.6 Å². The second-order valence-corrected chi connectivity index (χ2v) is 7.11. The molecule has 0 radical (unpaired) electrons. The van der Waals surface area contributed by atoms with Crippen LogP contribution in [0.1, 0.15) is 31.1 Å². The van der Waals surface area contributed by atoms with Crippen LogP contribution in [0.4, 0.5) is 0 Å². The summed E-state index contributed by atoms with van der Waals surface area (Å²) in [4.78, 5) is 9.18. The average molecular weight is 330 g/mol. The van der Waals surface area contributed by atoms with Crippen LogP contribution in [0.3, 0.4) is 0 Å². The normalized spacial score (nSPS) is 22.8. The third-order valence-electron chi connectivity index (χ3n) is 3.94. The van der Waals surface area contributed by atoms with Crippen molar-refractivity contribution in [3.8, 4) is 0 Å². The van der Waals surface area contributed by atoms with Gasteiger partial charge in [0.2, 0.25) is 0 Å². The molecule has 0 spiro atoms. The molecule has 3 rings (SSSR count). The maximum Gasteiger partial charge on any atom is 0.160 e. The van der Waals surface area contributed by atoms with Crippen molar-refractivity contribution in [3.63, 3.8) is 0 Å². The highest BCUT2D eigenvalue weighted by Gasteiger charge is 2.28. The molecule has 0 amide bonds. The third kappa shape index (κ3) is 2.66. The largest absolute Gasteiger partial charge is 0.310 e. The molecular formula is C14H17Cl2N3S. The fourth-order valence-corrected chi connectivity index (χ4v) is 4.12. The van der Waals surface area contributed by atoms with Gasteiger partial charge >= 0.3 is 0 Å². The van der Waals surface area contributed by atoms with Gasteiger partial charge in [-0.15, -0.1) is 11.6 Å². The molecule has 2 aromatic rings. The van der Waals surface area contributed by atoms with Crippen LogP contribution in [0.5, 0.6) is 0 Å². The smallest absolute Gasteiger partial charge is 0.160 e. The van der Waals surface area contributed by atoms with Gasteiger partial charge < -0.3 is 4.57 Å². The highest BCUT2D eigenvalue weighted by atomic mass is 35.5. The number of rotatable bonds is 4. The Labute approximate surface area is 133 Å². The van der Waals surface area contributed by atoms with Crippen molar-refractivity contribution in [2.24, 2.45) is 0 Å². The first-order chi connectivity index (χ1) is 9.72. The predicted molar refractivity (Wildman–Crippen MR) is 87.2 cm³/mol. The lowest BCUT2D eigenvalue weighted by Gasteiger charge is -2.16. The minimum absolute atomic E-state index is 0.490. The van der Waals surface area contributed by atoms with E-state index in [1.54, 1.807) is 6.20 Å². The van der Waals surface area contributed by atoms with Crippen LogP contribution in [0.15, 0.2) is 12.3 Å². The SMILES string of the molecule is CSC1CCC(n2c(CCCl)nc3cc(Cl)cnc32)C1. The first-order valence-corrected chi connectivity index (χ1v) is 9.04. The van der Waals surface area contributed by atoms with Crippen molar-refractivity contribution in [3.05, 3.63) is 23.1 Å². The van der Waals surface area contributed by atoms with E-state index in [0.717, 1.165) is 28.7 Å². The monoisotopic (exact) mass is 329 g/mol. The van der Waals surface area contributed by atoms with Crippen LogP contribution < -0.4 is 0 Å². The molecule has 1 aliphatic carbocycles. The van der Waals surface area contributed by atoms with E-state index in [4.69, 9.17) is 23.2 Å². The molecule has 3 nitrogen and oxygen atoms in total. The van der Waals surface area contributed by atoms with E-state index < -0.39 is 0 Å². The summed E-state index contributed by atoms with van der Waals surface area (Å²) in [7, 11) is 0. The highest BCUT2D eigenvalue weighted by Crippen LogP contribution is 2.38. The molecule has 2 heterocycles. The van der Waals surface area contributed by atoms with Gasteiger partial charge in [0.25, 0.3) is 0 Å². The Morgan fingerprint density at radius 3 is 3.00 bits per heavy atom. The van der Waals surface area contributed by atoms with Crippen molar-refractivity contribution in [1.29, 1.82) is 0 Å². The zero-order chi connectivity index (χ0) is 14.1. The summed E-state index contributed by atoms with van der Waals surface area (Å²) in [6, 6.07) is 2.38. The van der Waals surface area contributed by atoms with E-state index in [9.17, 15) is 0 Å². The van der Waals surface area contributed by atoms with Gasteiger partial charge in [0.1, 0.15) is 11.3 Å². The fourth-order valence-electron chi connectivity index (χ4n) is 3.01. The third-order valence-corrected chi connectivity index (χ3v) is 5.43. The number of aryl methyl sites for hydroxylation is 1. The Bertz CT molecular complexity index is 614. The van der Waals surface area contributed by atoms with E-state index >= 15 is 0 Å². The first kappa shape index (κ1) is 14.5. The van der Waals surface area contributed by atoms with Crippen LogP contribution in [-0.4, -0.2) is 31.9 Å². The van der Waals surface area contributed by atoms with Crippen molar-refractivity contribution in [1.82, 2.24) is 14.5 Å². The van der Waals surface area contributed by atoms with E-state index in [1.807, 2.05) is 17.8 Å². The number of pyridine rings is 1. The lowest BCUT2D eigenvalue weighted by Crippen LogP contribution is -2.11. The number of thioether (sulfide) groups is 1. The summed E-state index contributed by atoms with van der Waals surface area (Å²) in [6.07, 6.45) is 8.31. The number of aromatic nitrogens is 3. The lowest BCUT2D eigenvalue weighted by molar-refractivity contribution is 0.511. The maximum absolute atomic E-state index is 6.02. The number of alkyl halides is 1. The summed E-state index contributed by atoms with van der Waals surface area (Å²) in [5, 5.41) is 1.38. The molecule has 108 valence electrons. The highest BCUT2D eigenvalue weighted by molar-refractivity contribution is 7.99. The van der Waals surface area contributed by atoms with Crippen molar-refractivity contribution in [2.75, 3.05) is 12.1 Å². The van der Waals surface area contributed by atoms with Crippen molar-refractivity contribution in [2.45, 2.75) is 37.0 Å². The van der Waals surface area contributed by atoms with E-state index in [2.05, 4.69) is 20.8 Å². The molecule has 0 bridgehead atoms. The van der Waals surface area contributed by atoms with E-state index in [1.165, 1.54) is 19.3 Å². The summed E-state index contributed by atoms with van der Waals surface area (Å²) < 4.78 is 2.30. The number of hydrogen-bond acceptors (Lipinski definition) is 3. The van der Waals surface area contributed by atoms with E-state index in [-0.39, 0.29) is 0 Å². The number of halogens is 2. The van der Waals surface area contributed by atoms with Gasteiger partial charge in [0.05, 0.1) is 5.02 Å². The number of hydrogen-bond donors (Lipinski definition) is 0. The molecule has 0 saturated heterocycles. The standard InChI is InChI=1S/C14H17Cl2N3S/c1-20-11-3-2-10(7-11)19-13(4-5-15)18-12-6-9(16)8-17-14(12)19/h6,8,10-11H,2-5,7H2,1H3. The molecule has 0 aliphatic heterocycles. The van der Waals surface area contributed by atoms with Gasteiger partial charge in [0, 0.05) is 29.8 Å². The molecule has 6 heteroatoms. The summed E-state index contributed by atoms with van der Waals surface area (Å²) in [5.74, 6) is 1.62. The molecule has 1 saturated carbocycles. The second kappa shape index (κ2) is 6.12. The number of imidazole rings is 1. The Hall–Kier alpha value is -0.450. The average Bonchev–Trinajstić information content (AvgIpc) is 3.02. The van der Waals surface area contributed by atoms with Gasteiger partial charge in [-0.3, -0.25) is 0 Å². The molecule has 0 aromatic carbocycles. The zero-order valence-electron chi connectivity index (χ0n) is 11.4. The molecule has 2 atom stereocenters. The zero-order valence-corrected chi connectivity index (χ0v) is 13.7. The summed E-state index contributed by atoms with van der Waals surface area (Å²) in [5.41, 5.74) is 1.83. The Balaban J connectivity index is 2.05. The lowest BCUT2D eigenvalue weighted by atomic mass is 10.2. The molecule has 20 heavy (non-hydrogen) atoms. The van der Waals surface area contributed by atoms with Gasteiger partial charge in [-0.2, -0.15) is 11.8 Å². The minimum atomic E-state index is 0.490. The van der Waals surface area contributed by atoms with Gasteiger partial charge in [0.15, 0.2) is 5.65 Å². The van der Waals surface area contributed by atoms with Crippen LogP contribution in [-0.2, 0) is 6.42 Å². The molecule has 2 unspecified atom stereocenters. The topological polar surface area (TPSA) is 30.7 Å². The minimum Gasteiger partial charge on any atom is -0.310 e. The van der Waals surface area contributed by atoms with E-state index in [0.29, 0.717) is 16.9 Å². The molecule has 1 aliphatic rings. The quantitative estimate of drug-likeness (QED) is 0.782. The van der Waals surface area contributed by atoms with Crippen molar-refractivity contribution < 1.29 is 0 Å². The molecule has 1 fully saturated rings. The van der Waals surface area contributed by atoms with Crippen LogP contribution in [0.25, 0.3) is 11.2 Å². The van der Waals surface area contributed by atoms with Crippen molar-refractivity contribution >= 4 is 46.1 Å². The van der Waals surface area contributed by atoms with Crippen LogP contribution in [0, 0.1) is 0 Å². The first-order valence-electron chi connectivity index (χ1n) is 6.84. The molecular weight excluding hydrogens is 313 g/mol. The summed E-state index contributed by atoms with van der Waals surface area (Å²) >= 11 is 13.9. The van der Waals surface area contributed by atoms with Gasteiger partial charge in [-0.25, -0.2) is 9.97 Å². The Morgan fingerprint density at radius 2 is 2.30 bits per heavy atom. The number of nitrogens with zero attached hydrogens (tertiary/aromatic N) is 3. The molecule has 2 aromatic heterocycles. The molecule has 0 N–H and O–H groups in total. The fraction of sp³-hybridized carbons (Fsp3) is 0.571. The second-order valence-electron chi connectivity index (χ2n) is 5.16. The maximum atomic E-state index is 6.02. The summed E-state index contributed by atoms with van der Waals surface area (Å²) in [6.45, 7) is 0. The Kier molecular flexibility index (Phi) is 4.43. The predicted octanol–water partition coefficient (Wildman–Crippen LogP) is 4.32. The Morgan fingerprint density at radius 1 is 1.45 bits per heavy atom. The number of fused-ring (bicyclic) bond motifs is 1.